The third kappa shape index (κ3) is 3.16. The number of nitrogens with zero attached hydrogens (tertiary/aromatic N) is 2. The number of urea groups is 1. The quantitative estimate of drug-likeness (QED) is 0.636. The van der Waals surface area contributed by atoms with Crippen LogP contribution in [-0.4, -0.2) is 43.3 Å². The van der Waals surface area contributed by atoms with Crippen LogP contribution in [0, 0.1) is 0 Å². The number of benzene rings is 1. The topological polar surface area (TPSA) is 71.0 Å². The van der Waals surface area contributed by atoms with Gasteiger partial charge in [0.15, 0.2) is 0 Å². The molecule has 1 saturated heterocycles. The van der Waals surface area contributed by atoms with Crippen molar-refractivity contribution in [3.05, 3.63) is 24.3 Å². The minimum Gasteiger partial charge on any atom is -0.378 e. The predicted molar refractivity (Wildman–Crippen MR) is 65.6 cm³/mol. The van der Waals surface area contributed by atoms with Crippen molar-refractivity contribution < 1.29 is 14.3 Å². The maximum absolute atomic E-state index is 11.9. The van der Waals surface area contributed by atoms with Crippen molar-refractivity contribution in [2.45, 2.75) is 0 Å². The highest BCUT2D eigenvalue weighted by molar-refractivity contribution is 5.89. The molecule has 0 spiro atoms. The van der Waals surface area contributed by atoms with Crippen LogP contribution in [0.5, 0.6) is 0 Å². The van der Waals surface area contributed by atoms with Crippen molar-refractivity contribution in [2.24, 2.45) is 4.99 Å². The molecule has 2 amide bonds. The number of carbonyl (C=O) groups excluding carboxylic acids is 2. The van der Waals surface area contributed by atoms with E-state index in [-0.39, 0.29) is 6.03 Å². The van der Waals surface area contributed by atoms with Gasteiger partial charge in [-0.05, 0) is 18.2 Å². The van der Waals surface area contributed by atoms with E-state index in [1.54, 1.807) is 29.2 Å². The number of amides is 2. The lowest BCUT2D eigenvalue weighted by molar-refractivity contribution is 0.0564. The number of rotatable bonds is 2. The van der Waals surface area contributed by atoms with Crippen LogP contribution in [0.1, 0.15) is 0 Å². The molecule has 6 nitrogen and oxygen atoms in total. The highest BCUT2D eigenvalue weighted by Crippen LogP contribution is 2.17. The summed E-state index contributed by atoms with van der Waals surface area (Å²) in [5.41, 5.74) is 1.06. The lowest BCUT2D eigenvalue weighted by Crippen LogP contribution is -2.43. The minimum atomic E-state index is -0.175. The van der Waals surface area contributed by atoms with E-state index in [0.29, 0.717) is 37.7 Å². The van der Waals surface area contributed by atoms with Crippen LogP contribution in [0.25, 0.3) is 0 Å². The number of morpholine rings is 1. The summed E-state index contributed by atoms with van der Waals surface area (Å²) in [6, 6.07) is 6.55. The average molecular weight is 247 g/mol. The Hall–Kier alpha value is -2.17. The zero-order chi connectivity index (χ0) is 12.8. The van der Waals surface area contributed by atoms with Gasteiger partial charge in [-0.25, -0.2) is 9.59 Å². The summed E-state index contributed by atoms with van der Waals surface area (Å²) in [5.74, 6) is 0. The Morgan fingerprint density at radius 1 is 1.39 bits per heavy atom. The minimum absolute atomic E-state index is 0.175. The van der Waals surface area contributed by atoms with E-state index in [1.807, 2.05) is 0 Å². The number of aliphatic imine (C=N–C) groups is 1. The molecule has 1 aromatic rings. The molecule has 0 aliphatic carbocycles. The van der Waals surface area contributed by atoms with Gasteiger partial charge >= 0.3 is 6.03 Å². The fraction of sp³-hybridized carbons (Fsp3) is 0.333. The van der Waals surface area contributed by atoms with E-state index >= 15 is 0 Å². The highest BCUT2D eigenvalue weighted by Gasteiger charge is 2.16. The standard InChI is InChI=1S/C12H13N3O3/c16-9-13-10-2-1-3-11(8-10)14-12(17)15-4-6-18-7-5-15/h1-3,8H,4-7H2,(H,14,17). The Balaban J connectivity index is 2.01. The van der Waals surface area contributed by atoms with Crippen molar-refractivity contribution in [1.82, 2.24) is 4.90 Å². The summed E-state index contributed by atoms with van der Waals surface area (Å²) in [4.78, 5) is 27.2. The van der Waals surface area contributed by atoms with Crippen LogP contribution in [0.2, 0.25) is 0 Å². The number of nitrogens with one attached hydrogen (secondary N) is 1. The molecule has 0 radical (unpaired) electrons. The molecule has 0 unspecified atom stereocenters. The van der Waals surface area contributed by atoms with Gasteiger partial charge in [-0.1, -0.05) is 6.07 Å². The first-order chi connectivity index (χ1) is 8.79. The van der Waals surface area contributed by atoms with E-state index in [4.69, 9.17) is 4.74 Å². The zero-order valence-corrected chi connectivity index (χ0v) is 9.76. The van der Waals surface area contributed by atoms with Crippen LogP contribution < -0.4 is 5.32 Å². The fourth-order valence-corrected chi connectivity index (χ4v) is 1.67. The van der Waals surface area contributed by atoms with E-state index in [2.05, 4.69) is 10.3 Å². The highest BCUT2D eigenvalue weighted by atomic mass is 16.5. The van der Waals surface area contributed by atoms with Crippen LogP contribution in [-0.2, 0) is 9.53 Å². The van der Waals surface area contributed by atoms with E-state index in [0.717, 1.165) is 0 Å². The summed E-state index contributed by atoms with van der Waals surface area (Å²) >= 11 is 0. The van der Waals surface area contributed by atoms with E-state index < -0.39 is 0 Å². The molecule has 18 heavy (non-hydrogen) atoms. The normalized spacial score (nSPS) is 14.8. The summed E-state index contributed by atoms with van der Waals surface area (Å²) < 4.78 is 5.17. The molecule has 1 fully saturated rings. The Morgan fingerprint density at radius 2 is 2.17 bits per heavy atom. The van der Waals surface area contributed by atoms with Crippen molar-refractivity contribution in [3.63, 3.8) is 0 Å². The fourth-order valence-electron chi connectivity index (χ4n) is 1.67. The number of isocyanates is 1. The lowest BCUT2D eigenvalue weighted by Gasteiger charge is -2.26. The van der Waals surface area contributed by atoms with Crippen LogP contribution in [0.3, 0.4) is 0 Å². The molecule has 2 rings (SSSR count). The maximum Gasteiger partial charge on any atom is 0.322 e. The van der Waals surface area contributed by atoms with Gasteiger partial charge in [-0.3, -0.25) is 0 Å². The molecular weight excluding hydrogens is 234 g/mol. The molecule has 1 heterocycles. The predicted octanol–water partition coefficient (Wildman–Crippen LogP) is 1.52. The van der Waals surface area contributed by atoms with Gasteiger partial charge in [0.05, 0.1) is 18.9 Å². The molecular formula is C12H13N3O3. The first-order valence-electron chi connectivity index (χ1n) is 5.61. The molecule has 1 N–H and O–H groups in total. The summed E-state index contributed by atoms with van der Waals surface area (Å²) in [7, 11) is 0. The van der Waals surface area contributed by atoms with Crippen molar-refractivity contribution in [1.29, 1.82) is 0 Å². The van der Waals surface area contributed by atoms with Gasteiger partial charge in [-0.15, -0.1) is 0 Å². The van der Waals surface area contributed by atoms with Crippen LogP contribution in [0.15, 0.2) is 29.3 Å². The van der Waals surface area contributed by atoms with E-state index in [9.17, 15) is 9.59 Å². The zero-order valence-electron chi connectivity index (χ0n) is 9.76. The van der Waals surface area contributed by atoms with Gasteiger partial charge in [0.1, 0.15) is 0 Å². The Labute approximate surface area is 104 Å². The van der Waals surface area contributed by atoms with Crippen LogP contribution in [0.4, 0.5) is 16.2 Å². The Morgan fingerprint density at radius 3 is 2.89 bits per heavy atom. The van der Waals surface area contributed by atoms with Crippen molar-refractivity contribution >= 4 is 23.5 Å². The molecule has 0 atom stereocenters. The molecule has 94 valence electrons. The number of anilines is 1. The van der Waals surface area contributed by atoms with Gasteiger partial charge in [0.2, 0.25) is 6.08 Å². The van der Waals surface area contributed by atoms with Crippen LogP contribution >= 0.6 is 0 Å². The second kappa shape index (κ2) is 5.95. The molecule has 1 aromatic carbocycles. The van der Waals surface area contributed by atoms with Gasteiger partial charge < -0.3 is 15.0 Å². The third-order valence-electron chi connectivity index (χ3n) is 2.57. The molecule has 1 aliphatic heterocycles. The Kier molecular flexibility index (Phi) is 4.06. The molecule has 0 bridgehead atoms. The number of hydrogen-bond acceptors (Lipinski definition) is 4. The molecule has 0 saturated carbocycles. The lowest BCUT2D eigenvalue weighted by atomic mass is 10.3. The summed E-state index contributed by atoms with van der Waals surface area (Å²) in [6.07, 6.45) is 1.46. The number of ether oxygens (including phenoxy) is 1. The molecule has 1 aliphatic rings. The second-order valence-electron chi connectivity index (χ2n) is 3.78. The molecule has 0 aromatic heterocycles. The Bertz CT molecular complexity index is 477. The average Bonchev–Trinajstić information content (AvgIpc) is 2.40. The van der Waals surface area contributed by atoms with E-state index in [1.165, 1.54) is 6.08 Å². The molecule has 6 heteroatoms. The monoisotopic (exact) mass is 247 g/mol. The first kappa shape index (κ1) is 12.3. The van der Waals surface area contributed by atoms with Gasteiger partial charge in [-0.2, -0.15) is 4.99 Å². The SMILES string of the molecule is O=C=Nc1cccc(NC(=O)N2CCOCC2)c1. The first-order valence-corrected chi connectivity index (χ1v) is 5.61. The van der Waals surface area contributed by atoms with Crippen molar-refractivity contribution in [2.75, 3.05) is 31.6 Å². The van der Waals surface area contributed by atoms with Gasteiger partial charge in [0.25, 0.3) is 0 Å². The summed E-state index contributed by atoms with van der Waals surface area (Å²) in [6.45, 7) is 2.28. The third-order valence-corrected chi connectivity index (χ3v) is 2.57. The number of hydrogen-bond donors (Lipinski definition) is 1. The number of carbonyl (C=O) groups is 1. The van der Waals surface area contributed by atoms with Gasteiger partial charge in [0, 0.05) is 18.8 Å². The smallest absolute Gasteiger partial charge is 0.322 e. The second-order valence-corrected chi connectivity index (χ2v) is 3.78. The largest absolute Gasteiger partial charge is 0.378 e. The summed E-state index contributed by atoms with van der Waals surface area (Å²) in [5, 5.41) is 2.75. The maximum atomic E-state index is 11.9. The van der Waals surface area contributed by atoms with Crippen molar-refractivity contribution in [3.8, 4) is 0 Å².